The molecule has 1 aromatic carbocycles. The number of urea groups is 1. The monoisotopic (exact) mass is 414 g/mol. The number of carbonyl (C=O) groups excluding carboxylic acids is 2. The second-order valence-electron chi connectivity index (χ2n) is 7.35. The Morgan fingerprint density at radius 3 is 2.52 bits per heavy atom. The van der Waals surface area contributed by atoms with E-state index in [-0.39, 0.29) is 17.9 Å². The number of hydrogen-bond acceptors (Lipinski definition) is 5. The fourth-order valence-corrected chi connectivity index (χ4v) is 4.51. The summed E-state index contributed by atoms with van der Waals surface area (Å²) in [5, 5.41) is 5.86. The highest BCUT2D eigenvalue weighted by atomic mass is 32.1. The maximum Gasteiger partial charge on any atom is 0.317 e. The molecule has 0 atom stereocenters. The van der Waals surface area contributed by atoms with E-state index in [1.54, 1.807) is 16.2 Å². The number of morpholine rings is 1. The molecule has 2 aromatic rings. The van der Waals surface area contributed by atoms with Crippen molar-refractivity contribution in [3.63, 3.8) is 0 Å². The predicted molar refractivity (Wildman–Crippen MR) is 111 cm³/mol. The van der Waals surface area contributed by atoms with Crippen molar-refractivity contribution in [1.29, 1.82) is 0 Å². The summed E-state index contributed by atoms with van der Waals surface area (Å²) in [4.78, 5) is 33.4. The molecular formula is C21H26N4O3S. The van der Waals surface area contributed by atoms with E-state index in [1.165, 1.54) is 0 Å². The van der Waals surface area contributed by atoms with Gasteiger partial charge in [-0.05, 0) is 12.8 Å². The van der Waals surface area contributed by atoms with Crippen LogP contribution in [0.1, 0.15) is 17.8 Å². The molecule has 3 amide bonds. The van der Waals surface area contributed by atoms with E-state index >= 15 is 0 Å². The van der Waals surface area contributed by atoms with Gasteiger partial charge in [-0.1, -0.05) is 30.3 Å². The lowest BCUT2D eigenvalue weighted by Gasteiger charge is -2.35. The van der Waals surface area contributed by atoms with Crippen molar-refractivity contribution in [2.45, 2.75) is 19.4 Å². The molecule has 7 nitrogen and oxygen atoms in total. The highest BCUT2D eigenvalue weighted by Gasteiger charge is 2.30. The summed E-state index contributed by atoms with van der Waals surface area (Å²) < 4.78 is 5.32. The Morgan fingerprint density at radius 1 is 1.07 bits per heavy atom. The lowest BCUT2D eigenvalue weighted by molar-refractivity contribution is -0.141. The molecule has 154 valence electrons. The minimum Gasteiger partial charge on any atom is -0.378 e. The number of rotatable bonds is 4. The van der Waals surface area contributed by atoms with E-state index in [2.05, 4.69) is 10.3 Å². The van der Waals surface area contributed by atoms with Gasteiger partial charge in [0.1, 0.15) is 5.01 Å². The average Bonchev–Trinajstić information content (AvgIpc) is 3.27. The maximum absolute atomic E-state index is 12.6. The molecule has 0 aliphatic carbocycles. The summed E-state index contributed by atoms with van der Waals surface area (Å²) in [5.74, 6) is 0.231. The second kappa shape index (κ2) is 9.37. The molecule has 2 fully saturated rings. The molecule has 0 saturated carbocycles. The number of carbonyl (C=O) groups is 2. The second-order valence-corrected chi connectivity index (χ2v) is 8.29. The number of nitrogens with zero attached hydrogens (tertiary/aromatic N) is 3. The third kappa shape index (κ3) is 4.94. The Kier molecular flexibility index (Phi) is 6.41. The van der Waals surface area contributed by atoms with Crippen molar-refractivity contribution in [1.82, 2.24) is 20.1 Å². The summed E-state index contributed by atoms with van der Waals surface area (Å²) in [6, 6.07) is 9.93. The molecule has 2 aliphatic rings. The third-order valence-electron chi connectivity index (χ3n) is 5.47. The first kappa shape index (κ1) is 19.8. The van der Waals surface area contributed by atoms with Gasteiger partial charge in [-0.15, -0.1) is 11.3 Å². The van der Waals surface area contributed by atoms with Gasteiger partial charge in [0.05, 0.1) is 25.5 Å². The summed E-state index contributed by atoms with van der Waals surface area (Å²) >= 11 is 1.55. The zero-order valence-corrected chi connectivity index (χ0v) is 17.2. The minimum absolute atomic E-state index is 0.0181. The van der Waals surface area contributed by atoms with Gasteiger partial charge in [-0.3, -0.25) is 4.79 Å². The van der Waals surface area contributed by atoms with Crippen molar-refractivity contribution < 1.29 is 14.3 Å². The van der Waals surface area contributed by atoms with Crippen LogP contribution in [0.2, 0.25) is 0 Å². The van der Waals surface area contributed by atoms with Gasteiger partial charge in [-0.2, -0.15) is 0 Å². The Bertz CT molecular complexity index is 827. The number of thiazole rings is 1. The highest BCUT2D eigenvalue weighted by molar-refractivity contribution is 7.09. The fourth-order valence-electron chi connectivity index (χ4n) is 3.77. The first-order chi connectivity index (χ1) is 14.2. The Morgan fingerprint density at radius 2 is 1.79 bits per heavy atom. The Balaban J connectivity index is 1.23. The van der Waals surface area contributed by atoms with Gasteiger partial charge in [0.25, 0.3) is 0 Å². The number of nitrogens with one attached hydrogen (secondary N) is 1. The largest absolute Gasteiger partial charge is 0.378 e. The smallest absolute Gasteiger partial charge is 0.317 e. The lowest BCUT2D eigenvalue weighted by atomic mass is 9.95. The highest BCUT2D eigenvalue weighted by Crippen LogP contribution is 2.22. The zero-order valence-electron chi connectivity index (χ0n) is 16.4. The lowest BCUT2D eigenvalue weighted by Crippen LogP contribution is -2.49. The normalized spacial score (nSPS) is 17.9. The number of aromatic nitrogens is 1. The number of benzene rings is 1. The molecule has 8 heteroatoms. The quantitative estimate of drug-likeness (QED) is 0.835. The summed E-state index contributed by atoms with van der Waals surface area (Å²) in [5.41, 5.74) is 2.01. The topological polar surface area (TPSA) is 74.8 Å². The standard InChI is InChI=1S/C21H26N4O3S/c26-20(24-10-12-28-13-11-24)17-6-8-25(9-7-17)21(27)22-14-19-23-18(15-29-19)16-4-2-1-3-5-16/h1-5,15,17H,6-14H2,(H,22,27). The summed E-state index contributed by atoms with van der Waals surface area (Å²) in [6.07, 6.45) is 1.44. The van der Waals surface area contributed by atoms with Crippen LogP contribution in [0, 0.1) is 5.92 Å². The van der Waals surface area contributed by atoms with Crippen LogP contribution in [0.3, 0.4) is 0 Å². The number of piperidine rings is 1. The molecule has 3 heterocycles. The van der Waals surface area contributed by atoms with Crippen LogP contribution in [-0.2, 0) is 16.1 Å². The molecule has 2 saturated heterocycles. The molecule has 0 unspecified atom stereocenters. The number of amides is 3. The molecule has 1 aromatic heterocycles. The summed E-state index contributed by atoms with van der Waals surface area (Å²) in [7, 11) is 0. The number of hydrogen-bond donors (Lipinski definition) is 1. The number of ether oxygens (including phenoxy) is 1. The molecule has 0 spiro atoms. The van der Waals surface area contributed by atoms with Crippen molar-refractivity contribution in [2.75, 3.05) is 39.4 Å². The molecule has 1 N–H and O–H groups in total. The van der Waals surface area contributed by atoms with Crippen molar-refractivity contribution in [2.24, 2.45) is 5.92 Å². The van der Waals surface area contributed by atoms with Crippen LogP contribution in [0.15, 0.2) is 35.7 Å². The van der Waals surface area contributed by atoms with Gasteiger partial charge in [-0.25, -0.2) is 9.78 Å². The molecule has 0 bridgehead atoms. The van der Waals surface area contributed by atoms with E-state index in [4.69, 9.17) is 4.74 Å². The van der Waals surface area contributed by atoms with Crippen LogP contribution >= 0.6 is 11.3 Å². The van der Waals surface area contributed by atoms with Gasteiger partial charge < -0.3 is 19.9 Å². The van der Waals surface area contributed by atoms with Crippen LogP contribution < -0.4 is 5.32 Å². The molecule has 2 aliphatic heterocycles. The van der Waals surface area contributed by atoms with Gasteiger partial charge in [0, 0.05) is 43.0 Å². The molecule has 29 heavy (non-hydrogen) atoms. The molecule has 0 radical (unpaired) electrons. The Labute approximate surface area is 174 Å². The Hall–Kier alpha value is -2.45. The third-order valence-corrected chi connectivity index (χ3v) is 6.32. The van der Waals surface area contributed by atoms with Crippen molar-refractivity contribution >= 4 is 23.3 Å². The zero-order chi connectivity index (χ0) is 20.1. The van der Waals surface area contributed by atoms with Gasteiger partial charge >= 0.3 is 6.03 Å². The van der Waals surface area contributed by atoms with Crippen molar-refractivity contribution in [3.05, 3.63) is 40.7 Å². The molecular weight excluding hydrogens is 388 g/mol. The van der Waals surface area contributed by atoms with E-state index < -0.39 is 0 Å². The van der Waals surface area contributed by atoms with Crippen molar-refractivity contribution in [3.8, 4) is 11.3 Å². The minimum atomic E-state index is -0.0845. The number of likely N-dealkylation sites (tertiary alicyclic amines) is 1. The van der Waals surface area contributed by atoms with Gasteiger partial charge in [0.15, 0.2) is 0 Å². The average molecular weight is 415 g/mol. The van der Waals surface area contributed by atoms with E-state index in [0.29, 0.717) is 45.9 Å². The molecule has 4 rings (SSSR count). The van der Waals surface area contributed by atoms with E-state index in [0.717, 1.165) is 29.1 Å². The first-order valence-corrected chi connectivity index (χ1v) is 11.0. The van der Waals surface area contributed by atoms with Crippen LogP contribution in [-0.4, -0.2) is 66.1 Å². The SMILES string of the molecule is O=C(NCc1nc(-c2ccccc2)cs1)N1CCC(C(=O)N2CCOCC2)CC1. The van der Waals surface area contributed by atoms with Gasteiger partial charge in [0.2, 0.25) is 5.91 Å². The van der Waals surface area contributed by atoms with E-state index in [9.17, 15) is 9.59 Å². The summed E-state index contributed by atoms with van der Waals surface area (Å²) in [6.45, 7) is 4.24. The predicted octanol–water partition coefficient (Wildman–Crippen LogP) is 2.59. The van der Waals surface area contributed by atoms with E-state index in [1.807, 2.05) is 40.6 Å². The van der Waals surface area contributed by atoms with Crippen LogP contribution in [0.4, 0.5) is 4.79 Å². The first-order valence-electron chi connectivity index (χ1n) is 10.1. The van der Waals surface area contributed by atoms with Crippen LogP contribution in [0.25, 0.3) is 11.3 Å². The maximum atomic E-state index is 12.6. The fraction of sp³-hybridized carbons (Fsp3) is 0.476. The van der Waals surface area contributed by atoms with Crippen LogP contribution in [0.5, 0.6) is 0 Å².